The Morgan fingerprint density at radius 1 is 1.39 bits per heavy atom. The molecule has 98 valence electrons. The predicted molar refractivity (Wildman–Crippen MR) is 77.0 cm³/mol. The Morgan fingerprint density at radius 3 is 2.72 bits per heavy atom. The van der Waals surface area contributed by atoms with Gasteiger partial charge in [0, 0.05) is 11.0 Å². The van der Waals surface area contributed by atoms with Crippen molar-refractivity contribution in [3.63, 3.8) is 0 Å². The van der Waals surface area contributed by atoms with Crippen LogP contribution in [0.3, 0.4) is 0 Å². The summed E-state index contributed by atoms with van der Waals surface area (Å²) >= 11 is 3.52. The summed E-state index contributed by atoms with van der Waals surface area (Å²) in [5.74, 6) is 1.57. The van der Waals surface area contributed by atoms with Gasteiger partial charge in [-0.1, -0.05) is 28.1 Å². The summed E-state index contributed by atoms with van der Waals surface area (Å²) in [5, 5.41) is 0. The van der Waals surface area contributed by atoms with Crippen LogP contribution in [-0.2, 0) is 0 Å². The summed E-state index contributed by atoms with van der Waals surface area (Å²) < 4.78 is 12.3. The summed E-state index contributed by atoms with van der Waals surface area (Å²) in [6, 6.07) is 3.93. The highest BCUT2D eigenvalue weighted by atomic mass is 79.9. The van der Waals surface area contributed by atoms with Crippen LogP contribution in [-0.4, -0.2) is 19.8 Å². The van der Waals surface area contributed by atoms with Crippen LogP contribution in [0.2, 0.25) is 0 Å². The topological polar surface area (TPSA) is 44.5 Å². The van der Waals surface area contributed by atoms with E-state index in [1.165, 1.54) is 6.42 Å². The van der Waals surface area contributed by atoms with Gasteiger partial charge < -0.3 is 15.2 Å². The number of benzene rings is 1. The van der Waals surface area contributed by atoms with Crippen LogP contribution in [0.1, 0.15) is 24.8 Å². The molecule has 4 heteroatoms. The molecule has 2 rings (SSSR count). The maximum Gasteiger partial charge on any atom is 0.162 e. The third-order valence-electron chi connectivity index (χ3n) is 3.06. The lowest BCUT2D eigenvalue weighted by molar-refractivity contribution is 0.116. The predicted octanol–water partition coefficient (Wildman–Crippen LogP) is 3.36. The zero-order chi connectivity index (χ0) is 13.0. The van der Waals surface area contributed by atoms with Crippen LogP contribution in [0.15, 0.2) is 22.7 Å². The number of ether oxygens (including phenoxy) is 2. The first kappa shape index (κ1) is 13.4. The van der Waals surface area contributed by atoms with E-state index in [2.05, 4.69) is 15.9 Å². The van der Waals surface area contributed by atoms with Crippen molar-refractivity contribution in [3.05, 3.63) is 28.2 Å². The standard InChI is InChI=1S/C14H18BrNO2/c1-17-13-9-12(15)10(4-3-7-16)8-14(13)18-11-5-2-6-11/h3-4,8-9,11H,2,5-7,16H2,1H3/b4-3+. The molecule has 18 heavy (non-hydrogen) atoms. The molecule has 1 aliphatic rings. The third-order valence-corrected chi connectivity index (χ3v) is 3.75. The van der Waals surface area contributed by atoms with E-state index in [4.69, 9.17) is 15.2 Å². The van der Waals surface area contributed by atoms with Crippen LogP contribution < -0.4 is 15.2 Å². The van der Waals surface area contributed by atoms with E-state index >= 15 is 0 Å². The Hall–Kier alpha value is -1.00. The van der Waals surface area contributed by atoms with Gasteiger partial charge in [0.25, 0.3) is 0 Å². The Kier molecular flexibility index (Phi) is 4.66. The molecule has 0 unspecified atom stereocenters. The monoisotopic (exact) mass is 311 g/mol. The molecule has 2 N–H and O–H groups in total. The van der Waals surface area contributed by atoms with Gasteiger partial charge in [0.05, 0.1) is 13.2 Å². The molecule has 0 saturated heterocycles. The fourth-order valence-electron chi connectivity index (χ4n) is 1.79. The van der Waals surface area contributed by atoms with Crippen molar-refractivity contribution in [2.24, 2.45) is 5.73 Å². The lowest BCUT2D eigenvalue weighted by Gasteiger charge is -2.27. The highest BCUT2D eigenvalue weighted by Gasteiger charge is 2.21. The second-order valence-electron chi connectivity index (χ2n) is 4.33. The number of methoxy groups -OCH3 is 1. The van der Waals surface area contributed by atoms with Crippen molar-refractivity contribution in [3.8, 4) is 11.5 Å². The Labute approximate surface area is 116 Å². The molecule has 1 saturated carbocycles. The van der Waals surface area contributed by atoms with Crippen molar-refractivity contribution in [2.75, 3.05) is 13.7 Å². The molecular weight excluding hydrogens is 294 g/mol. The smallest absolute Gasteiger partial charge is 0.162 e. The van der Waals surface area contributed by atoms with Gasteiger partial charge in [-0.05, 0) is 37.0 Å². The maximum absolute atomic E-state index is 5.94. The van der Waals surface area contributed by atoms with Gasteiger partial charge in [-0.3, -0.25) is 0 Å². The summed E-state index contributed by atoms with van der Waals surface area (Å²) in [5.41, 5.74) is 6.53. The molecule has 0 heterocycles. The summed E-state index contributed by atoms with van der Waals surface area (Å²) in [7, 11) is 1.66. The minimum atomic E-state index is 0.339. The quantitative estimate of drug-likeness (QED) is 0.907. The molecule has 0 aromatic heterocycles. The fraction of sp³-hybridized carbons (Fsp3) is 0.429. The van der Waals surface area contributed by atoms with Gasteiger partial charge in [-0.15, -0.1) is 0 Å². The van der Waals surface area contributed by atoms with Crippen molar-refractivity contribution in [1.29, 1.82) is 0 Å². The van der Waals surface area contributed by atoms with E-state index in [9.17, 15) is 0 Å². The maximum atomic E-state index is 5.94. The molecule has 1 aromatic rings. The third kappa shape index (κ3) is 3.06. The molecule has 1 aromatic carbocycles. The number of hydrogen-bond donors (Lipinski definition) is 1. The van der Waals surface area contributed by atoms with Crippen LogP contribution in [0, 0.1) is 0 Å². The van der Waals surface area contributed by atoms with Gasteiger partial charge in [-0.2, -0.15) is 0 Å². The average molecular weight is 312 g/mol. The molecular formula is C14H18BrNO2. The number of halogens is 1. The van der Waals surface area contributed by atoms with Gasteiger partial charge in [0.2, 0.25) is 0 Å². The van der Waals surface area contributed by atoms with Gasteiger partial charge in [0.15, 0.2) is 11.5 Å². The molecule has 0 spiro atoms. The second-order valence-corrected chi connectivity index (χ2v) is 5.19. The van der Waals surface area contributed by atoms with Crippen LogP contribution in [0.25, 0.3) is 6.08 Å². The van der Waals surface area contributed by atoms with Gasteiger partial charge in [0.1, 0.15) is 0 Å². The van der Waals surface area contributed by atoms with Crippen molar-refractivity contribution < 1.29 is 9.47 Å². The minimum absolute atomic E-state index is 0.339. The zero-order valence-electron chi connectivity index (χ0n) is 10.5. The fourth-order valence-corrected chi connectivity index (χ4v) is 2.25. The van der Waals surface area contributed by atoms with Gasteiger partial charge >= 0.3 is 0 Å². The van der Waals surface area contributed by atoms with Gasteiger partial charge in [-0.25, -0.2) is 0 Å². The highest BCUT2D eigenvalue weighted by Crippen LogP contribution is 2.37. The van der Waals surface area contributed by atoms with Crippen molar-refractivity contribution >= 4 is 22.0 Å². The molecule has 3 nitrogen and oxygen atoms in total. The molecule has 0 radical (unpaired) electrons. The Balaban J connectivity index is 2.26. The summed E-state index contributed by atoms with van der Waals surface area (Å²) in [6.45, 7) is 0.525. The van der Waals surface area contributed by atoms with E-state index in [0.717, 1.165) is 34.4 Å². The SMILES string of the molecule is COc1cc(Br)c(/C=C/CN)cc1OC1CCC1. The summed E-state index contributed by atoms with van der Waals surface area (Å²) in [4.78, 5) is 0. The second kappa shape index (κ2) is 6.25. The van der Waals surface area contributed by atoms with E-state index < -0.39 is 0 Å². The van der Waals surface area contributed by atoms with Crippen LogP contribution >= 0.6 is 15.9 Å². The number of rotatable bonds is 5. The first-order chi connectivity index (χ1) is 8.74. The Morgan fingerprint density at radius 2 is 2.17 bits per heavy atom. The average Bonchev–Trinajstić information content (AvgIpc) is 2.33. The van der Waals surface area contributed by atoms with Crippen LogP contribution in [0.4, 0.5) is 0 Å². The highest BCUT2D eigenvalue weighted by molar-refractivity contribution is 9.10. The van der Waals surface area contributed by atoms with E-state index in [-0.39, 0.29) is 0 Å². The molecule has 0 aliphatic heterocycles. The normalized spacial score (nSPS) is 15.7. The lowest BCUT2D eigenvalue weighted by Crippen LogP contribution is -2.24. The molecule has 0 amide bonds. The first-order valence-electron chi connectivity index (χ1n) is 6.15. The lowest BCUT2D eigenvalue weighted by atomic mass is 9.96. The van der Waals surface area contributed by atoms with Crippen molar-refractivity contribution in [2.45, 2.75) is 25.4 Å². The molecule has 0 bridgehead atoms. The first-order valence-corrected chi connectivity index (χ1v) is 6.94. The molecule has 0 atom stereocenters. The van der Waals surface area contributed by atoms with E-state index in [1.807, 2.05) is 24.3 Å². The molecule has 1 aliphatic carbocycles. The minimum Gasteiger partial charge on any atom is -0.493 e. The van der Waals surface area contributed by atoms with E-state index in [1.54, 1.807) is 7.11 Å². The zero-order valence-corrected chi connectivity index (χ0v) is 12.1. The van der Waals surface area contributed by atoms with Crippen molar-refractivity contribution in [1.82, 2.24) is 0 Å². The Bertz CT molecular complexity index is 442. The van der Waals surface area contributed by atoms with E-state index in [0.29, 0.717) is 12.6 Å². The molecule has 1 fully saturated rings. The summed E-state index contributed by atoms with van der Waals surface area (Å²) in [6.07, 6.45) is 7.76. The van der Waals surface area contributed by atoms with Crippen LogP contribution in [0.5, 0.6) is 11.5 Å². The number of nitrogens with two attached hydrogens (primary N) is 1. The largest absolute Gasteiger partial charge is 0.493 e. The number of hydrogen-bond acceptors (Lipinski definition) is 3.